The largest absolute Gasteiger partial charge is 0.480 e. The number of aromatic nitrogens is 1. The molecule has 20 heavy (non-hydrogen) atoms. The summed E-state index contributed by atoms with van der Waals surface area (Å²) in [5.41, 5.74) is 5.04. The third-order valence-corrected chi connectivity index (χ3v) is 2.98. The summed E-state index contributed by atoms with van der Waals surface area (Å²) in [5.74, 6) is -1.50. The molecule has 7 heteroatoms. The zero-order chi connectivity index (χ0) is 14.7. The molecule has 2 rings (SSSR count). The lowest BCUT2D eigenvalue weighted by atomic mass is 10.1. The Morgan fingerprint density at radius 3 is 2.80 bits per heavy atom. The molecule has 1 heterocycles. The number of fused-ring (bicyclic) bond motifs is 1. The number of nitrogens with one attached hydrogen (secondary N) is 1. The van der Waals surface area contributed by atoms with Crippen LogP contribution in [0.1, 0.15) is 6.42 Å². The number of carbonyl (C=O) groups is 2. The summed E-state index contributed by atoms with van der Waals surface area (Å²) in [5, 5.41) is 13.9. The normalized spacial score (nSPS) is 12.1. The van der Waals surface area contributed by atoms with Gasteiger partial charge in [-0.3, -0.25) is 4.79 Å². The molecule has 0 saturated heterocycles. The minimum absolute atomic E-state index is 0.318. The van der Waals surface area contributed by atoms with E-state index in [1.165, 1.54) is 6.20 Å². The predicted octanol–water partition coefficient (Wildman–Crippen LogP) is 1.63. The smallest absolute Gasteiger partial charge is 0.326 e. The molecule has 104 valence electrons. The van der Waals surface area contributed by atoms with Crippen molar-refractivity contribution in [1.82, 2.24) is 4.98 Å². The SMILES string of the molecule is NC(=O)CC(Nc1nccc2cc(Cl)ccc12)C(=O)O. The third kappa shape index (κ3) is 3.16. The number of hydrogen-bond donors (Lipinski definition) is 3. The number of rotatable bonds is 5. The van der Waals surface area contributed by atoms with Gasteiger partial charge in [0.2, 0.25) is 5.91 Å². The van der Waals surface area contributed by atoms with Crippen molar-refractivity contribution in [2.45, 2.75) is 12.5 Å². The lowest BCUT2D eigenvalue weighted by Crippen LogP contribution is -2.34. The minimum atomic E-state index is -1.17. The summed E-state index contributed by atoms with van der Waals surface area (Å²) in [7, 11) is 0. The molecule has 0 aliphatic rings. The van der Waals surface area contributed by atoms with Crippen molar-refractivity contribution in [3.05, 3.63) is 35.5 Å². The van der Waals surface area contributed by atoms with Crippen molar-refractivity contribution in [2.24, 2.45) is 5.73 Å². The lowest BCUT2D eigenvalue weighted by molar-refractivity contribution is -0.139. The van der Waals surface area contributed by atoms with E-state index in [0.717, 1.165) is 5.39 Å². The van der Waals surface area contributed by atoms with Crippen LogP contribution in [0.25, 0.3) is 10.8 Å². The zero-order valence-corrected chi connectivity index (χ0v) is 11.1. The average molecular weight is 294 g/mol. The van der Waals surface area contributed by atoms with Gasteiger partial charge < -0.3 is 16.2 Å². The molecule has 0 aliphatic carbocycles. The molecule has 0 fully saturated rings. The maximum absolute atomic E-state index is 11.1. The molecule has 1 unspecified atom stereocenters. The van der Waals surface area contributed by atoms with E-state index in [1.807, 2.05) is 0 Å². The Kier molecular flexibility index (Phi) is 4.05. The number of carbonyl (C=O) groups excluding carboxylic acids is 1. The highest BCUT2D eigenvalue weighted by atomic mass is 35.5. The van der Waals surface area contributed by atoms with Crippen molar-refractivity contribution in [1.29, 1.82) is 0 Å². The highest BCUT2D eigenvalue weighted by molar-refractivity contribution is 6.31. The number of hydrogen-bond acceptors (Lipinski definition) is 4. The van der Waals surface area contributed by atoms with Crippen LogP contribution in [0.4, 0.5) is 5.82 Å². The van der Waals surface area contributed by atoms with E-state index in [2.05, 4.69) is 10.3 Å². The van der Waals surface area contributed by atoms with Crippen LogP contribution in [-0.4, -0.2) is 28.0 Å². The summed E-state index contributed by atoms with van der Waals surface area (Å²) in [6, 6.07) is 5.79. The number of benzene rings is 1. The first-order chi connectivity index (χ1) is 9.47. The second-order valence-corrected chi connectivity index (χ2v) is 4.67. The van der Waals surface area contributed by atoms with Crippen LogP contribution < -0.4 is 11.1 Å². The summed E-state index contributed by atoms with van der Waals surface area (Å²) in [6.07, 6.45) is 1.21. The second-order valence-electron chi connectivity index (χ2n) is 4.23. The number of amides is 1. The van der Waals surface area contributed by atoms with Crippen LogP contribution in [0.15, 0.2) is 30.5 Å². The molecule has 1 amide bonds. The standard InChI is InChI=1S/C13H12ClN3O3/c14-8-1-2-9-7(5-8)3-4-16-12(9)17-10(13(19)20)6-11(15)18/h1-5,10H,6H2,(H2,15,18)(H,16,17)(H,19,20). The number of aliphatic carboxylic acids is 1. The number of nitrogens with zero attached hydrogens (tertiary/aromatic N) is 1. The fraction of sp³-hybridized carbons (Fsp3) is 0.154. The van der Waals surface area contributed by atoms with E-state index in [1.54, 1.807) is 24.3 Å². The molecular weight excluding hydrogens is 282 g/mol. The molecule has 0 saturated carbocycles. The quantitative estimate of drug-likeness (QED) is 0.777. The van der Waals surface area contributed by atoms with Gasteiger partial charge in [0, 0.05) is 16.6 Å². The summed E-state index contributed by atoms with van der Waals surface area (Å²) in [6.45, 7) is 0. The summed E-state index contributed by atoms with van der Waals surface area (Å²) in [4.78, 5) is 26.1. The maximum Gasteiger partial charge on any atom is 0.326 e. The third-order valence-electron chi connectivity index (χ3n) is 2.74. The predicted molar refractivity (Wildman–Crippen MR) is 75.6 cm³/mol. The van der Waals surface area contributed by atoms with Gasteiger partial charge in [0.25, 0.3) is 0 Å². The van der Waals surface area contributed by atoms with Crippen LogP contribution in [0, 0.1) is 0 Å². The molecule has 4 N–H and O–H groups in total. The van der Waals surface area contributed by atoms with Gasteiger partial charge in [-0.05, 0) is 29.7 Å². The van der Waals surface area contributed by atoms with Crippen molar-refractivity contribution in [3.63, 3.8) is 0 Å². The van der Waals surface area contributed by atoms with Crippen LogP contribution in [0.3, 0.4) is 0 Å². The van der Waals surface area contributed by atoms with Gasteiger partial charge in [-0.2, -0.15) is 0 Å². The Labute approximate surface area is 119 Å². The van der Waals surface area contributed by atoms with E-state index in [0.29, 0.717) is 16.2 Å². The molecular formula is C13H12ClN3O3. The molecule has 1 atom stereocenters. The number of nitrogens with two attached hydrogens (primary N) is 1. The van der Waals surface area contributed by atoms with Gasteiger partial charge in [-0.1, -0.05) is 11.6 Å². The number of carboxylic acids is 1. The van der Waals surface area contributed by atoms with E-state index < -0.39 is 17.9 Å². The summed E-state index contributed by atoms with van der Waals surface area (Å²) < 4.78 is 0. The van der Waals surface area contributed by atoms with E-state index >= 15 is 0 Å². The fourth-order valence-corrected chi connectivity index (χ4v) is 2.01. The molecule has 1 aromatic heterocycles. The fourth-order valence-electron chi connectivity index (χ4n) is 1.83. The number of pyridine rings is 1. The Balaban J connectivity index is 2.37. The topological polar surface area (TPSA) is 105 Å². The molecule has 0 radical (unpaired) electrons. The van der Waals surface area contributed by atoms with Crippen molar-refractivity contribution in [3.8, 4) is 0 Å². The number of primary amides is 1. The van der Waals surface area contributed by atoms with Gasteiger partial charge in [-0.15, -0.1) is 0 Å². The van der Waals surface area contributed by atoms with Crippen LogP contribution in [0.5, 0.6) is 0 Å². The Hall–Kier alpha value is -2.34. The summed E-state index contributed by atoms with van der Waals surface area (Å²) >= 11 is 5.90. The van der Waals surface area contributed by atoms with Crippen LogP contribution >= 0.6 is 11.6 Å². The van der Waals surface area contributed by atoms with Crippen molar-refractivity contribution in [2.75, 3.05) is 5.32 Å². The van der Waals surface area contributed by atoms with Gasteiger partial charge in [0.15, 0.2) is 0 Å². The number of halogens is 1. The Morgan fingerprint density at radius 1 is 1.40 bits per heavy atom. The number of carboxylic acid groups (broad SMARTS) is 1. The average Bonchev–Trinajstić information content (AvgIpc) is 2.37. The first-order valence-electron chi connectivity index (χ1n) is 5.79. The lowest BCUT2D eigenvalue weighted by Gasteiger charge is -2.15. The molecule has 0 spiro atoms. The molecule has 2 aromatic rings. The zero-order valence-electron chi connectivity index (χ0n) is 10.3. The first-order valence-corrected chi connectivity index (χ1v) is 6.17. The maximum atomic E-state index is 11.1. The second kappa shape index (κ2) is 5.75. The molecule has 1 aromatic carbocycles. The van der Waals surface area contributed by atoms with E-state index in [-0.39, 0.29) is 6.42 Å². The van der Waals surface area contributed by atoms with Gasteiger partial charge in [0.1, 0.15) is 11.9 Å². The molecule has 6 nitrogen and oxygen atoms in total. The Bertz CT molecular complexity index is 675. The minimum Gasteiger partial charge on any atom is -0.480 e. The van der Waals surface area contributed by atoms with Crippen molar-refractivity contribution >= 4 is 40.1 Å². The van der Waals surface area contributed by atoms with Crippen LogP contribution in [0.2, 0.25) is 5.02 Å². The Morgan fingerprint density at radius 2 is 2.15 bits per heavy atom. The highest BCUT2D eigenvalue weighted by Crippen LogP contribution is 2.24. The first kappa shape index (κ1) is 14.1. The molecule has 0 bridgehead atoms. The van der Waals surface area contributed by atoms with Crippen molar-refractivity contribution < 1.29 is 14.7 Å². The van der Waals surface area contributed by atoms with E-state index in [9.17, 15) is 9.59 Å². The molecule has 0 aliphatic heterocycles. The van der Waals surface area contributed by atoms with Gasteiger partial charge in [-0.25, -0.2) is 9.78 Å². The van der Waals surface area contributed by atoms with Crippen LogP contribution in [-0.2, 0) is 9.59 Å². The highest BCUT2D eigenvalue weighted by Gasteiger charge is 2.21. The number of anilines is 1. The van der Waals surface area contributed by atoms with E-state index in [4.69, 9.17) is 22.4 Å². The van der Waals surface area contributed by atoms with Gasteiger partial charge >= 0.3 is 5.97 Å². The monoisotopic (exact) mass is 293 g/mol. The van der Waals surface area contributed by atoms with Gasteiger partial charge in [0.05, 0.1) is 6.42 Å².